The monoisotopic (exact) mass is 502 g/mol. The molecule has 0 radical (unpaired) electrons. The number of anilines is 1. The number of amides is 1. The standard InChI is InChI=1S/C25H27FN2O6S/c1-32-21-12-20(13-22(14-21)33-2)28-35(30,31)23-8-4-17(5-9-23)3-7-19-11-18(6-10-24(19)26)15-34-16-25(27)29/h4-6,8-14,28H,3,7,15-16H2,1-2H3,(H2,27,29). The summed E-state index contributed by atoms with van der Waals surface area (Å²) in [5, 5.41) is 0. The van der Waals surface area contributed by atoms with E-state index in [1.54, 1.807) is 42.5 Å². The van der Waals surface area contributed by atoms with Gasteiger partial charge in [-0.15, -0.1) is 0 Å². The summed E-state index contributed by atoms with van der Waals surface area (Å²) in [7, 11) is -0.887. The Hall–Kier alpha value is -3.63. The molecule has 3 rings (SSSR count). The van der Waals surface area contributed by atoms with Gasteiger partial charge in [0.1, 0.15) is 23.9 Å². The Morgan fingerprint density at radius 2 is 1.54 bits per heavy atom. The van der Waals surface area contributed by atoms with Crippen LogP contribution in [0.1, 0.15) is 16.7 Å². The van der Waals surface area contributed by atoms with E-state index in [-0.39, 0.29) is 23.9 Å². The molecule has 0 aliphatic rings. The van der Waals surface area contributed by atoms with Gasteiger partial charge < -0.3 is 19.9 Å². The molecule has 0 bridgehead atoms. The number of carbonyl (C=O) groups is 1. The second-order valence-corrected chi connectivity index (χ2v) is 9.42. The summed E-state index contributed by atoms with van der Waals surface area (Å²) in [6.07, 6.45) is 0.910. The maximum atomic E-state index is 14.2. The summed E-state index contributed by atoms with van der Waals surface area (Å²) in [5.74, 6) is -0.0155. The molecule has 35 heavy (non-hydrogen) atoms. The smallest absolute Gasteiger partial charge is 0.261 e. The number of rotatable bonds is 12. The summed E-state index contributed by atoms with van der Waals surface area (Å²) in [5.41, 5.74) is 7.42. The highest BCUT2D eigenvalue weighted by Gasteiger charge is 2.16. The third kappa shape index (κ3) is 7.43. The van der Waals surface area contributed by atoms with E-state index in [2.05, 4.69) is 4.72 Å². The molecule has 3 aromatic carbocycles. The SMILES string of the molecule is COc1cc(NS(=O)(=O)c2ccc(CCc3cc(COCC(N)=O)ccc3F)cc2)cc(OC)c1. The molecule has 3 aromatic rings. The molecule has 0 heterocycles. The van der Waals surface area contributed by atoms with Crippen LogP contribution >= 0.6 is 0 Å². The van der Waals surface area contributed by atoms with E-state index < -0.39 is 15.9 Å². The Bertz CT molecular complexity index is 1260. The molecule has 0 aliphatic heterocycles. The first-order chi connectivity index (χ1) is 16.7. The average Bonchev–Trinajstić information content (AvgIpc) is 2.83. The number of primary amides is 1. The van der Waals surface area contributed by atoms with Crippen LogP contribution in [0, 0.1) is 5.82 Å². The predicted octanol–water partition coefficient (Wildman–Crippen LogP) is 3.43. The first-order valence-electron chi connectivity index (χ1n) is 10.7. The number of aryl methyl sites for hydroxylation is 2. The van der Waals surface area contributed by atoms with Crippen molar-refractivity contribution >= 4 is 21.6 Å². The van der Waals surface area contributed by atoms with Gasteiger partial charge in [0.25, 0.3) is 10.0 Å². The van der Waals surface area contributed by atoms with Gasteiger partial charge in [-0.2, -0.15) is 0 Å². The van der Waals surface area contributed by atoms with Crippen molar-refractivity contribution in [1.82, 2.24) is 0 Å². The zero-order chi connectivity index (χ0) is 25.4. The summed E-state index contributed by atoms with van der Waals surface area (Å²) in [6, 6.07) is 15.8. The van der Waals surface area contributed by atoms with Gasteiger partial charge in [0.05, 0.1) is 31.4 Å². The van der Waals surface area contributed by atoms with Crippen molar-refractivity contribution < 1.29 is 31.8 Å². The van der Waals surface area contributed by atoms with Crippen LogP contribution < -0.4 is 19.9 Å². The highest BCUT2D eigenvalue weighted by molar-refractivity contribution is 7.92. The quantitative estimate of drug-likeness (QED) is 0.392. The lowest BCUT2D eigenvalue weighted by atomic mass is 10.0. The first kappa shape index (κ1) is 26.0. The van der Waals surface area contributed by atoms with Crippen molar-refractivity contribution in [2.45, 2.75) is 24.3 Å². The summed E-state index contributed by atoms with van der Waals surface area (Å²) in [6.45, 7) is -0.0584. The average molecular weight is 503 g/mol. The van der Waals surface area contributed by atoms with Crippen molar-refractivity contribution in [1.29, 1.82) is 0 Å². The molecule has 0 spiro atoms. The van der Waals surface area contributed by atoms with Crippen LogP contribution in [0.4, 0.5) is 10.1 Å². The summed E-state index contributed by atoms with van der Waals surface area (Å²) >= 11 is 0. The Morgan fingerprint density at radius 1 is 0.914 bits per heavy atom. The topological polar surface area (TPSA) is 117 Å². The number of methoxy groups -OCH3 is 2. The molecule has 0 unspecified atom stereocenters. The number of sulfonamides is 1. The fraction of sp³-hybridized carbons (Fsp3) is 0.240. The largest absolute Gasteiger partial charge is 0.497 e. The number of hydrogen-bond acceptors (Lipinski definition) is 6. The van der Waals surface area contributed by atoms with E-state index in [1.165, 1.54) is 32.4 Å². The van der Waals surface area contributed by atoms with E-state index in [4.69, 9.17) is 19.9 Å². The molecule has 0 fully saturated rings. The van der Waals surface area contributed by atoms with Crippen molar-refractivity contribution in [3.63, 3.8) is 0 Å². The number of halogens is 1. The minimum absolute atomic E-state index is 0.0859. The Kier molecular flexibility index (Phi) is 8.67. The fourth-order valence-electron chi connectivity index (χ4n) is 3.37. The lowest BCUT2D eigenvalue weighted by molar-refractivity contribution is -0.122. The van der Waals surface area contributed by atoms with Crippen LogP contribution in [-0.2, 0) is 39.0 Å². The third-order valence-electron chi connectivity index (χ3n) is 5.14. The molecular weight excluding hydrogens is 475 g/mol. The van der Waals surface area contributed by atoms with Crippen LogP contribution in [0.5, 0.6) is 11.5 Å². The molecule has 0 atom stereocenters. The Morgan fingerprint density at radius 3 is 2.14 bits per heavy atom. The van der Waals surface area contributed by atoms with Crippen LogP contribution in [0.3, 0.4) is 0 Å². The molecule has 0 aromatic heterocycles. The molecule has 10 heteroatoms. The summed E-state index contributed by atoms with van der Waals surface area (Å²) in [4.78, 5) is 10.9. The lowest BCUT2D eigenvalue weighted by Gasteiger charge is -2.12. The number of ether oxygens (including phenoxy) is 3. The molecule has 1 amide bonds. The van der Waals surface area contributed by atoms with E-state index >= 15 is 0 Å². The minimum atomic E-state index is -3.84. The van der Waals surface area contributed by atoms with E-state index in [0.29, 0.717) is 35.6 Å². The molecule has 0 saturated heterocycles. The van der Waals surface area contributed by atoms with Gasteiger partial charge >= 0.3 is 0 Å². The highest BCUT2D eigenvalue weighted by Crippen LogP contribution is 2.27. The maximum absolute atomic E-state index is 14.2. The van der Waals surface area contributed by atoms with Crippen molar-refractivity contribution in [3.8, 4) is 11.5 Å². The number of hydrogen-bond donors (Lipinski definition) is 2. The number of benzene rings is 3. The minimum Gasteiger partial charge on any atom is -0.497 e. The van der Waals surface area contributed by atoms with E-state index in [1.807, 2.05) is 0 Å². The second kappa shape index (κ2) is 11.7. The molecule has 0 saturated carbocycles. The van der Waals surface area contributed by atoms with Crippen molar-refractivity contribution in [2.24, 2.45) is 5.73 Å². The zero-order valence-corrected chi connectivity index (χ0v) is 20.2. The van der Waals surface area contributed by atoms with Gasteiger partial charge in [-0.1, -0.05) is 24.3 Å². The predicted molar refractivity (Wildman–Crippen MR) is 129 cm³/mol. The number of nitrogens with one attached hydrogen (secondary N) is 1. The molecule has 8 nitrogen and oxygen atoms in total. The van der Waals surface area contributed by atoms with Crippen molar-refractivity contribution in [2.75, 3.05) is 25.5 Å². The lowest BCUT2D eigenvalue weighted by Crippen LogP contribution is -2.17. The molecule has 0 aliphatic carbocycles. The van der Waals surface area contributed by atoms with Crippen LogP contribution in [0.2, 0.25) is 0 Å². The third-order valence-corrected chi connectivity index (χ3v) is 6.54. The summed E-state index contributed by atoms with van der Waals surface area (Å²) < 4.78 is 57.9. The van der Waals surface area contributed by atoms with Crippen LogP contribution in [0.25, 0.3) is 0 Å². The van der Waals surface area contributed by atoms with Gasteiger partial charge in [-0.05, 0) is 47.7 Å². The maximum Gasteiger partial charge on any atom is 0.261 e. The molecular formula is C25H27FN2O6S. The highest BCUT2D eigenvalue weighted by atomic mass is 32.2. The van der Waals surface area contributed by atoms with Crippen LogP contribution in [0.15, 0.2) is 65.6 Å². The van der Waals surface area contributed by atoms with Gasteiger partial charge in [0.15, 0.2) is 0 Å². The first-order valence-corrected chi connectivity index (χ1v) is 12.2. The fourth-order valence-corrected chi connectivity index (χ4v) is 4.41. The Labute approximate surface area is 203 Å². The van der Waals surface area contributed by atoms with Crippen molar-refractivity contribution in [3.05, 3.63) is 83.2 Å². The number of carbonyl (C=O) groups excluding carboxylic acids is 1. The van der Waals surface area contributed by atoms with Gasteiger partial charge in [-0.25, -0.2) is 12.8 Å². The van der Waals surface area contributed by atoms with Gasteiger partial charge in [0, 0.05) is 18.2 Å². The van der Waals surface area contributed by atoms with Crippen LogP contribution in [-0.4, -0.2) is 35.2 Å². The van der Waals surface area contributed by atoms with Gasteiger partial charge in [-0.3, -0.25) is 9.52 Å². The van der Waals surface area contributed by atoms with E-state index in [0.717, 1.165) is 11.1 Å². The van der Waals surface area contributed by atoms with E-state index in [9.17, 15) is 17.6 Å². The second-order valence-electron chi connectivity index (χ2n) is 7.74. The Balaban J connectivity index is 1.65. The number of nitrogens with two attached hydrogens (primary N) is 1. The zero-order valence-electron chi connectivity index (χ0n) is 19.4. The molecule has 186 valence electrons. The normalized spacial score (nSPS) is 11.2. The van der Waals surface area contributed by atoms with Gasteiger partial charge in [0.2, 0.25) is 5.91 Å². The molecule has 3 N–H and O–H groups in total.